The summed E-state index contributed by atoms with van der Waals surface area (Å²) in [6.07, 6.45) is 1.60. The molecule has 0 amide bonds. The zero-order chi connectivity index (χ0) is 11.5. The molecular weight excluding hydrogens is 200 g/mol. The van der Waals surface area contributed by atoms with E-state index in [0.29, 0.717) is 11.9 Å². The normalized spacial score (nSPS) is 32.9. The first kappa shape index (κ1) is 9.97. The lowest BCUT2D eigenvalue weighted by Crippen LogP contribution is -2.45. The number of aromatic hydroxyl groups is 1. The molecule has 3 rings (SSSR count). The van der Waals surface area contributed by atoms with Crippen LogP contribution >= 0.6 is 0 Å². The first-order valence-electron chi connectivity index (χ1n) is 5.80. The van der Waals surface area contributed by atoms with Gasteiger partial charge in [0.1, 0.15) is 5.75 Å². The standard InChI is InChI=1S/C13H18N2O/c1-13-6-7-14(2)12(13)15(3)11-5-4-9(16)8-10(11)13/h4-5,8,12,16H,6-7H2,1-3H3/t12-,13?/m1/s1. The molecule has 1 fully saturated rings. The van der Waals surface area contributed by atoms with Crippen molar-refractivity contribution in [2.75, 3.05) is 25.5 Å². The summed E-state index contributed by atoms with van der Waals surface area (Å²) in [6.45, 7) is 3.43. The molecule has 2 heterocycles. The molecule has 2 aliphatic rings. The van der Waals surface area contributed by atoms with Crippen molar-refractivity contribution in [3.05, 3.63) is 23.8 Å². The Morgan fingerprint density at radius 2 is 2.12 bits per heavy atom. The fourth-order valence-corrected chi connectivity index (χ4v) is 3.56. The number of likely N-dealkylation sites (tertiary alicyclic amines) is 1. The second-order valence-corrected chi connectivity index (χ2v) is 5.33. The van der Waals surface area contributed by atoms with Crippen molar-refractivity contribution in [3.8, 4) is 5.75 Å². The van der Waals surface area contributed by atoms with E-state index in [1.807, 2.05) is 12.1 Å². The van der Waals surface area contributed by atoms with E-state index in [-0.39, 0.29) is 5.41 Å². The average Bonchev–Trinajstić information content (AvgIpc) is 2.65. The zero-order valence-electron chi connectivity index (χ0n) is 10.1. The molecule has 0 bridgehead atoms. The number of benzene rings is 1. The van der Waals surface area contributed by atoms with Gasteiger partial charge in [0, 0.05) is 24.7 Å². The number of hydrogen-bond donors (Lipinski definition) is 1. The van der Waals surface area contributed by atoms with E-state index in [0.717, 1.165) is 13.0 Å². The van der Waals surface area contributed by atoms with Crippen LogP contribution in [-0.2, 0) is 5.41 Å². The smallest absolute Gasteiger partial charge is 0.116 e. The van der Waals surface area contributed by atoms with Crippen molar-refractivity contribution in [2.24, 2.45) is 0 Å². The highest BCUT2D eigenvalue weighted by molar-refractivity contribution is 5.65. The predicted molar refractivity (Wildman–Crippen MR) is 64.9 cm³/mol. The van der Waals surface area contributed by atoms with E-state index in [2.05, 4.69) is 30.8 Å². The number of hydrogen-bond acceptors (Lipinski definition) is 3. The molecule has 0 aromatic heterocycles. The largest absolute Gasteiger partial charge is 0.508 e. The van der Waals surface area contributed by atoms with Crippen LogP contribution in [0.4, 0.5) is 5.69 Å². The quantitative estimate of drug-likeness (QED) is 0.719. The lowest BCUT2D eigenvalue weighted by atomic mass is 9.81. The molecule has 2 aliphatic heterocycles. The van der Waals surface area contributed by atoms with Gasteiger partial charge in [0.15, 0.2) is 0 Å². The van der Waals surface area contributed by atoms with Crippen LogP contribution in [0, 0.1) is 0 Å². The van der Waals surface area contributed by atoms with Gasteiger partial charge in [-0.3, -0.25) is 4.90 Å². The molecule has 1 aromatic carbocycles. The van der Waals surface area contributed by atoms with Crippen molar-refractivity contribution >= 4 is 5.69 Å². The first-order chi connectivity index (χ1) is 7.54. The Balaban J connectivity index is 2.20. The number of fused-ring (bicyclic) bond motifs is 3. The lowest BCUT2D eigenvalue weighted by Gasteiger charge is -2.32. The summed E-state index contributed by atoms with van der Waals surface area (Å²) in [5.41, 5.74) is 2.72. The summed E-state index contributed by atoms with van der Waals surface area (Å²) in [4.78, 5) is 4.73. The highest BCUT2D eigenvalue weighted by Crippen LogP contribution is 2.51. The van der Waals surface area contributed by atoms with Crippen molar-refractivity contribution in [2.45, 2.75) is 24.9 Å². The lowest BCUT2D eigenvalue weighted by molar-refractivity contribution is 0.268. The Morgan fingerprint density at radius 1 is 1.38 bits per heavy atom. The molecule has 86 valence electrons. The van der Waals surface area contributed by atoms with E-state index in [1.54, 1.807) is 6.07 Å². The molecule has 1 saturated heterocycles. The monoisotopic (exact) mass is 218 g/mol. The Hall–Kier alpha value is -1.22. The van der Waals surface area contributed by atoms with E-state index < -0.39 is 0 Å². The minimum atomic E-state index is 0.164. The van der Waals surface area contributed by atoms with Crippen LogP contribution in [0.3, 0.4) is 0 Å². The molecule has 3 nitrogen and oxygen atoms in total. The predicted octanol–water partition coefficient (Wildman–Crippen LogP) is 1.76. The summed E-state index contributed by atoms with van der Waals surface area (Å²) < 4.78 is 0. The number of likely N-dealkylation sites (N-methyl/N-ethyl adjacent to an activating group) is 2. The van der Waals surface area contributed by atoms with Crippen LogP contribution in [0.2, 0.25) is 0 Å². The van der Waals surface area contributed by atoms with Gasteiger partial charge < -0.3 is 10.0 Å². The molecule has 2 atom stereocenters. The third-order valence-corrected chi connectivity index (χ3v) is 4.31. The van der Waals surface area contributed by atoms with Gasteiger partial charge in [0.2, 0.25) is 0 Å². The summed E-state index contributed by atoms with van der Waals surface area (Å²) >= 11 is 0. The molecule has 1 aromatic rings. The van der Waals surface area contributed by atoms with E-state index in [1.165, 1.54) is 11.3 Å². The van der Waals surface area contributed by atoms with Gasteiger partial charge in [0.25, 0.3) is 0 Å². The third kappa shape index (κ3) is 1.02. The molecule has 1 N–H and O–H groups in total. The Morgan fingerprint density at radius 3 is 2.88 bits per heavy atom. The highest BCUT2D eigenvalue weighted by atomic mass is 16.3. The summed E-state index contributed by atoms with van der Waals surface area (Å²) in [6, 6.07) is 5.74. The maximum absolute atomic E-state index is 9.65. The minimum absolute atomic E-state index is 0.164. The number of anilines is 1. The van der Waals surface area contributed by atoms with Crippen LogP contribution in [0.15, 0.2) is 18.2 Å². The Kier molecular flexibility index (Phi) is 1.82. The van der Waals surface area contributed by atoms with Gasteiger partial charge in [0.05, 0.1) is 6.17 Å². The molecular formula is C13H18N2O. The number of phenolic OH excluding ortho intramolecular Hbond substituents is 1. The molecule has 0 saturated carbocycles. The van der Waals surface area contributed by atoms with E-state index in [9.17, 15) is 5.11 Å². The summed E-state index contributed by atoms with van der Waals surface area (Å²) in [5, 5.41) is 9.65. The van der Waals surface area contributed by atoms with Crippen molar-refractivity contribution in [1.29, 1.82) is 0 Å². The van der Waals surface area contributed by atoms with E-state index in [4.69, 9.17) is 0 Å². The van der Waals surface area contributed by atoms with Gasteiger partial charge >= 0.3 is 0 Å². The number of nitrogens with zero attached hydrogens (tertiary/aromatic N) is 2. The van der Waals surface area contributed by atoms with Crippen LogP contribution < -0.4 is 4.90 Å². The molecule has 0 radical (unpaired) electrons. The van der Waals surface area contributed by atoms with Gasteiger partial charge in [-0.1, -0.05) is 6.92 Å². The van der Waals surface area contributed by atoms with Crippen LogP contribution in [0.25, 0.3) is 0 Å². The second-order valence-electron chi connectivity index (χ2n) is 5.33. The summed E-state index contributed by atoms with van der Waals surface area (Å²) in [5.74, 6) is 0.378. The Labute approximate surface area is 96.3 Å². The van der Waals surface area contributed by atoms with Gasteiger partial charge in [-0.25, -0.2) is 0 Å². The van der Waals surface area contributed by atoms with Crippen molar-refractivity contribution in [1.82, 2.24) is 4.90 Å². The number of rotatable bonds is 0. The average molecular weight is 218 g/mol. The third-order valence-electron chi connectivity index (χ3n) is 4.31. The SMILES string of the molecule is CN1CCC2(C)c3cc(O)ccc3N(C)[C@@H]12. The molecule has 1 unspecified atom stereocenters. The van der Waals surface area contributed by atoms with Gasteiger partial charge in [-0.15, -0.1) is 0 Å². The fraction of sp³-hybridized carbons (Fsp3) is 0.538. The molecule has 0 aliphatic carbocycles. The van der Waals surface area contributed by atoms with Crippen molar-refractivity contribution < 1.29 is 5.11 Å². The number of phenols is 1. The van der Waals surface area contributed by atoms with E-state index >= 15 is 0 Å². The van der Waals surface area contributed by atoms with Crippen LogP contribution in [0.1, 0.15) is 18.9 Å². The first-order valence-corrected chi connectivity index (χ1v) is 5.80. The maximum atomic E-state index is 9.65. The molecule has 0 spiro atoms. The minimum Gasteiger partial charge on any atom is -0.508 e. The van der Waals surface area contributed by atoms with Gasteiger partial charge in [-0.2, -0.15) is 0 Å². The zero-order valence-corrected chi connectivity index (χ0v) is 10.1. The van der Waals surface area contributed by atoms with Crippen molar-refractivity contribution in [3.63, 3.8) is 0 Å². The molecule has 3 heteroatoms. The van der Waals surface area contributed by atoms with Crippen LogP contribution in [-0.4, -0.2) is 36.8 Å². The summed E-state index contributed by atoms with van der Waals surface area (Å²) in [7, 11) is 4.33. The van der Waals surface area contributed by atoms with Gasteiger partial charge in [-0.05, 0) is 37.2 Å². The second kappa shape index (κ2) is 2.92. The maximum Gasteiger partial charge on any atom is 0.116 e. The topological polar surface area (TPSA) is 26.7 Å². The van der Waals surface area contributed by atoms with Crippen LogP contribution in [0.5, 0.6) is 5.75 Å². The Bertz CT molecular complexity index is 446. The fourth-order valence-electron chi connectivity index (χ4n) is 3.56. The molecule has 16 heavy (non-hydrogen) atoms. The highest BCUT2D eigenvalue weighted by Gasteiger charge is 2.52.